The van der Waals surface area contributed by atoms with Crippen LogP contribution >= 0.6 is 0 Å². The monoisotopic (exact) mass is 350 g/mol. The second kappa shape index (κ2) is 7.25. The Morgan fingerprint density at radius 1 is 0.370 bits per heavy atom. The van der Waals surface area contributed by atoms with Crippen LogP contribution in [0.3, 0.4) is 0 Å². The Balaban J connectivity index is 0.00000105. The summed E-state index contributed by atoms with van der Waals surface area (Å²) in [5, 5.41) is 0. The van der Waals surface area contributed by atoms with Gasteiger partial charge >= 0.3 is 0 Å². The molecular formula is C27H26. The molecule has 4 aromatic carbocycles. The van der Waals surface area contributed by atoms with Gasteiger partial charge in [0.1, 0.15) is 0 Å². The highest BCUT2D eigenvalue weighted by molar-refractivity contribution is 5.86. The van der Waals surface area contributed by atoms with E-state index in [1.165, 1.54) is 33.4 Å². The molecule has 0 fully saturated rings. The van der Waals surface area contributed by atoms with Gasteiger partial charge in [-0.2, -0.15) is 0 Å². The molecule has 0 aliphatic heterocycles. The summed E-state index contributed by atoms with van der Waals surface area (Å²) in [5.74, 6) is 0. The van der Waals surface area contributed by atoms with E-state index in [9.17, 15) is 0 Å². The first-order valence-corrected chi connectivity index (χ1v) is 8.73. The third kappa shape index (κ3) is 2.52. The van der Waals surface area contributed by atoms with Crippen LogP contribution in [0.1, 0.15) is 37.1 Å². The fourth-order valence-electron chi connectivity index (χ4n) is 4.40. The smallest absolute Gasteiger partial charge is 0.0713 e. The highest BCUT2D eigenvalue weighted by atomic mass is 14.5. The highest BCUT2D eigenvalue weighted by Crippen LogP contribution is 2.55. The summed E-state index contributed by atoms with van der Waals surface area (Å²) >= 11 is 0. The van der Waals surface area contributed by atoms with Gasteiger partial charge in [0.15, 0.2) is 0 Å². The lowest BCUT2D eigenvalue weighted by Gasteiger charge is -2.33. The van der Waals surface area contributed by atoms with Gasteiger partial charge in [-0.15, -0.1) is 0 Å². The third-order valence-corrected chi connectivity index (χ3v) is 5.37. The van der Waals surface area contributed by atoms with Crippen molar-refractivity contribution >= 4 is 0 Å². The second-order valence-electron chi connectivity index (χ2n) is 6.57. The average Bonchev–Trinajstić information content (AvgIpc) is 3.01. The molecule has 1 aliphatic carbocycles. The quantitative estimate of drug-likeness (QED) is 0.313. The largest absolute Gasteiger partial charge is 0.0776 e. The Hall–Kier alpha value is -3.12. The minimum Gasteiger partial charge on any atom is -0.0776 e. The first-order valence-electron chi connectivity index (χ1n) is 8.73. The number of hydrogen-bond acceptors (Lipinski definition) is 0. The van der Waals surface area contributed by atoms with Crippen LogP contribution in [0, 0.1) is 0 Å². The Labute approximate surface area is 163 Å². The van der Waals surface area contributed by atoms with Crippen LogP contribution in [0.15, 0.2) is 109 Å². The van der Waals surface area contributed by atoms with E-state index in [0.717, 1.165) is 0 Å². The van der Waals surface area contributed by atoms with E-state index in [2.05, 4.69) is 109 Å². The molecule has 0 nitrogen and oxygen atoms in total. The van der Waals surface area contributed by atoms with Crippen LogP contribution in [0.25, 0.3) is 11.1 Å². The summed E-state index contributed by atoms with van der Waals surface area (Å²) in [6.07, 6.45) is 0. The van der Waals surface area contributed by atoms with Crippen molar-refractivity contribution in [2.24, 2.45) is 0 Å². The molecule has 0 heteroatoms. The van der Waals surface area contributed by atoms with Crippen molar-refractivity contribution in [2.45, 2.75) is 20.3 Å². The molecule has 1 aliphatic rings. The molecule has 0 heterocycles. The minimum atomic E-state index is -0.254. The van der Waals surface area contributed by atoms with Crippen LogP contribution in [0.5, 0.6) is 0 Å². The Morgan fingerprint density at radius 3 is 1.11 bits per heavy atom. The molecule has 0 spiro atoms. The summed E-state index contributed by atoms with van der Waals surface area (Å²) in [6, 6.07) is 39.5. The van der Waals surface area contributed by atoms with Crippen molar-refractivity contribution in [1.82, 2.24) is 0 Å². The number of hydrogen-bond donors (Lipinski definition) is 0. The van der Waals surface area contributed by atoms with Gasteiger partial charge in [0.05, 0.1) is 5.41 Å². The molecule has 134 valence electrons. The highest BCUT2D eigenvalue weighted by Gasteiger charge is 2.45. The van der Waals surface area contributed by atoms with Gasteiger partial charge in [-0.3, -0.25) is 0 Å². The molecule has 0 amide bonds. The van der Waals surface area contributed by atoms with E-state index in [1.807, 2.05) is 0 Å². The van der Waals surface area contributed by atoms with E-state index in [1.54, 1.807) is 0 Å². The van der Waals surface area contributed by atoms with E-state index in [0.29, 0.717) is 0 Å². The number of rotatable bonds is 2. The van der Waals surface area contributed by atoms with Crippen LogP contribution in [-0.2, 0) is 5.41 Å². The van der Waals surface area contributed by atoms with Gasteiger partial charge in [-0.25, -0.2) is 0 Å². The zero-order valence-corrected chi connectivity index (χ0v) is 13.9. The first-order chi connectivity index (χ1) is 12.4. The third-order valence-electron chi connectivity index (χ3n) is 5.37. The van der Waals surface area contributed by atoms with Gasteiger partial charge in [0, 0.05) is 0 Å². The van der Waals surface area contributed by atoms with Crippen LogP contribution in [-0.4, -0.2) is 0 Å². The maximum atomic E-state index is 2.29. The topological polar surface area (TPSA) is 0 Å². The Bertz CT molecular complexity index is 943. The molecule has 0 radical (unpaired) electrons. The molecule has 27 heavy (non-hydrogen) atoms. The molecule has 0 saturated carbocycles. The van der Waals surface area contributed by atoms with E-state index in [-0.39, 0.29) is 20.3 Å². The van der Waals surface area contributed by atoms with Crippen molar-refractivity contribution in [2.75, 3.05) is 0 Å². The fraction of sp³-hybridized carbons (Fsp3) is 0.111. The maximum absolute atomic E-state index is 2.29. The summed E-state index contributed by atoms with van der Waals surface area (Å²) in [7, 11) is 0. The summed E-state index contributed by atoms with van der Waals surface area (Å²) in [5.41, 5.74) is 7.80. The van der Waals surface area contributed by atoms with E-state index in [4.69, 9.17) is 0 Å². The minimum absolute atomic E-state index is 0. The molecular weight excluding hydrogens is 324 g/mol. The lowest BCUT2D eigenvalue weighted by molar-refractivity contribution is 0.768. The normalized spacial score (nSPS) is 12.9. The first kappa shape index (κ1) is 18.7. The number of benzene rings is 4. The maximum Gasteiger partial charge on any atom is 0.0713 e. The standard InChI is InChI=1S/C25H18.2CH4/c1-3-11-19(12-4-1)25(20-13-5-2-6-14-20)23-17-9-7-15-21(23)22-16-8-10-18-24(22)25;;/h1-18H;2*1H4. The molecule has 0 bridgehead atoms. The van der Waals surface area contributed by atoms with Crippen LogP contribution < -0.4 is 0 Å². The summed E-state index contributed by atoms with van der Waals surface area (Å²) < 4.78 is 0. The van der Waals surface area contributed by atoms with Crippen molar-refractivity contribution in [3.63, 3.8) is 0 Å². The van der Waals surface area contributed by atoms with Crippen LogP contribution in [0.2, 0.25) is 0 Å². The van der Waals surface area contributed by atoms with Gasteiger partial charge < -0.3 is 0 Å². The Morgan fingerprint density at radius 2 is 0.704 bits per heavy atom. The molecule has 5 rings (SSSR count). The summed E-state index contributed by atoms with van der Waals surface area (Å²) in [6.45, 7) is 0. The molecule has 4 aromatic rings. The molecule has 0 saturated heterocycles. The summed E-state index contributed by atoms with van der Waals surface area (Å²) in [4.78, 5) is 0. The predicted octanol–water partition coefficient (Wildman–Crippen LogP) is 7.32. The van der Waals surface area contributed by atoms with Gasteiger partial charge in [-0.05, 0) is 33.4 Å². The van der Waals surface area contributed by atoms with Crippen molar-refractivity contribution in [3.05, 3.63) is 131 Å². The molecule has 0 unspecified atom stereocenters. The lowest BCUT2D eigenvalue weighted by Crippen LogP contribution is -2.28. The lowest BCUT2D eigenvalue weighted by atomic mass is 9.68. The van der Waals surface area contributed by atoms with Crippen molar-refractivity contribution in [3.8, 4) is 11.1 Å². The van der Waals surface area contributed by atoms with Crippen LogP contribution in [0.4, 0.5) is 0 Å². The molecule has 0 N–H and O–H groups in total. The van der Waals surface area contributed by atoms with Crippen molar-refractivity contribution in [1.29, 1.82) is 0 Å². The van der Waals surface area contributed by atoms with Gasteiger partial charge in [-0.1, -0.05) is 124 Å². The fourth-order valence-corrected chi connectivity index (χ4v) is 4.40. The molecule has 0 atom stereocenters. The average molecular weight is 351 g/mol. The van der Waals surface area contributed by atoms with Gasteiger partial charge in [0.2, 0.25) is 0 Å². The second-order valence-corrected chi connectivity index (χ2v) is 6.57. The zero-order chi connectivity index (χ0) is 16.7. The number of fused-ring (bicyclic) bond motifs is 3. The SMILES string of the molecule is C.C.c1ccc(C2(c3ccccc3)c3ccccc3-c3ccccc32)cc1. The zero-order valence-electron chi connectivity index (χ0n) is 13.9. The van der Waals surface area contributed by atoms with E-state index < -0.39 is 0 Å². The Kier molecular flexibility index (Phi) is 5.01. The van der Waals surface area contributed by atoms with Gasteiger partial charge in [0.25, 0.3) is 0 Å². The van der Waals surface area contributed by atoms with Crippen molar-refractivity contribution < 1.29 is 0 Å². The molecule has 0 aromatic heterocycles. The predicted molar refractivity (Wildman–Crippen MR) is 117 cm³/mol. The van der Waals surface area contributed by atoms with E-state index >= 15 is 0 Å².